The first-order chi connectivity index (χ1) is 16.8. The summed E-state index contributed by atoms with van der Waals surface area (Å²) in [7, 11) is -3.43. The van der Waals surface area contributed by atoms with Gasteiger partial charge in [0.1, 0.15) is 5.82 Å². The molecule has 3 aliphatic heterocycles. The van der Waals surface area contributed by atoms with Crippen LogP contribution in [0.5, 0.6) is 0 Å². The lowest BCUT2D eigenvalue weighted by Crippen LogP contribution is -2.52. The number of sulfone groups is 1. The fourth-order valence-electron chi connectivity index (χ4n) is 5.23. The van der Waals surface area contributed by atoms with Crippen LogP contribution in [0.15, 0.2) is 24.3 Å². The second-order valence-corrected chi connectivity index (χ2v) is 11.9. The van der Waals surface area contributed by atoms with Crippen LogP contribution in [0.4, 0.5) is 9.18 Å². The lowest BCUT2D eigenvalue weighted by Gasteiger charge is -2.35. The van der Waals surface area contributed by atoms with E-state index in [-0.39, 0.29) is 29.1 Å². The number of nitrogens with zero attached hydrogens (tertiary/aromatic N) is 2. The number of benzene rings is 1. The standard InChI is InChI=1S/C24H35FN4O5S/c25-20-5-3-18(4-6-20)14-19-2-1-8-29(15-19)23(30)21-16-35(32,33)17-22(21)27-24(31)26-7-9-28-10-12-34-13-11-28/h3-6,19,21-22H,1-2,7-17H2,(H2,26,27,31). The van der Waals surface area contributed by atoms with Gasteiger partial charge >= 0.3 is 6.03 Å². The summed E-state index contributed by atoms with van der Waals surface area (Å²) in [4.78, 5) is 29.8. The molecule has 3 atom stereocenters. The molecule has 11 heteroatoms. The summed E-state index contributed by atoms with van der Waals surface area (Å²) in [6, 6.07) is 5.20. The van der Waals surface area contributed by atoms with Crippen LogP contribution < -0.4 is 10.6 Å². The predicted molar refractivity (Wildman–Crippen MR) is 129 cm³/mol. The quantitative estimate of drug-likeness (QED) is 0.558. The van der Waals surface area contributed by atoms with Crippen LogP contribution in [0, 0.1) is 17.7 Å². The Morgan fingerprint density at radius 3 is 2.57 bits per heavy atom. The second kappa shape index (κ2) is 11.7. The third-order valence-corrected chi connectivity index (χ3v) is 8.81. The van der Waals surface area contributed by atoms with Crippen molar-refractivity contribution in [1.29, 1.82) is 0 Å². The van der Waals surface area contributed by atoms with Gasteiger partial charge in [-0.25, -0.2) is 17.6 Å². The first-order valence-corrected chi connectivity index (χ1v) is 14.2. The van der Waals surface area contributed by atoms with E-state index in [0.29, 0.717) is 39.4 Å². The zero-order valence-electron chi connectivity index (χ0n) is 20.0. The zero-order valence-corrected chi connectivity index (χ0v) is 20.8. The highest BCUT2D eigenvalue weighted by atomic mass is 32.2. The molecule has 3 unspecified atom stereocenters. The molecule has 0 radical (unpaired) electrons. The summed E-state index contributed by atoms with van der Waals surface area (Å²) in [5.74, 6) is -1.52. The molecule has 35 heavy (non-hydrogen) atoms. The minimum atomic E-state index is -3.43. The van der Waals surface area contributed by atoms with Crippen molar-refractivity contribution in [2.75, 3.05) is 64.0 Å². The van der Waals surface area contributed by atoms with E-state index in [1.165, 1.54) is 12.1 Å². The number of ether oxygens (including phenoxy) is 1. The normalized spacial score (nSPS) is 26.9. The molecule has 2 N–H and O–H groups in total. The highest BCUT2D eigenvalue weighted by molar-refractivity contribution is 7.91. The molecule has 4 rings (SSSR count). The third kappa shape index (κ3) is 7.37. The molecule has 0 bridgehead atoms. The van der Waals surface area contributed by atoms with Crippen molar-refractivity contribution < 1.29 is 27.1 Å². The maximum absolute atomic E-state index is 13.4. The van der Waals surface area contributed by atoms with Crippen LogP contribution in [0.25, 0.3) is 0 Å². The Bertz CT molecular complexity index is 984. The Hall–Kier alpha value is -2.24. The van der Waals surface area contributed by atoms with Gasteiger partial charge in [-0.3, -0.25) is 9.69 Å². The van der Waals surface area contributed by atoms with Gasteiger partial charge in [-0.15, -0.1) is 0 Å². The van der Waals surface area contributed by atoms with Crippen molar-refractivity contribution in [1.82, 2.24) is 20.4 Å². The molecule has 1 aromatic carbocycles. The van der Waals surface area contributed by atoms with Crippen molar-refractivity contribution in [2.24, 2.45) is 11.8 Å². The molecule has 9 nitrogen and oxygen atoms in total. The second-order valence-electron chi connectivity index (χ2n) is 9.77. The maximum Gasteiger partial charge on any atom is 0.315 e. The molecule has 0 aromatic heterocycles. The highest BCUT2D eigenvalue weighted by Gasteiger charge is 2.44. The Labute approximate surface area is 206 Å². The van der Waals surface area contributed by atoms with Gasteiger partial charge in [0.05, 0.1) is 36.7 Å². The summed E-state index contributed by atoms with van der Waals surface area (Å²) < 4.78 is 43.3. The molecule has 0 saturated carbocycles. The Kier molecular flexibility index (Phi) is 8.61. The number of nitrogens with one attached hydrogen (secondary N) is 2. The van der Waals surface area contributed by atoms with Crippen LogP contribution in [0.3, 0.4) is 0 Å². The fourth-order valence-corrected chi connectivity index (χ4v) is 7.15. The van der Waals surface area contributed by atoms with E-state index in [4.69, 9.17) is 4.74 Å². The number of halogens is 1. The maximum atomic E-state index is 13.4. The minimum Gasteiger partial charge on any atom is -0.379 e. The first kappa shape index (κ1) is 25.8. The number of piperidine rings is 1. The average Bonchev–Trinajstić information content (AvgIpc) is 3.14. The van der Waals surface area contributed by atoms with Crippen LogP contribution in [0.2, 0.25) is 0 Å². The van der Waals surface area contributed by atoms with Gasteiger partial charge in [0.25, 0.3) is 0 Å². The zero-order chi connectivity index (χ0) is 24.8. The summed E-state index contributed by atoms with van der Waals surface area (Å²) >= 11 is 0. The van der Waals surface area contributed by atoms with Gasteiger partial charge in [-0.1, -0.05) is 12.1 Å². The molecule has 3 heterocycles. The lowest BCUT2D eigenvalue weighted by atomic mass is 9.90. The van der Waals surface area contributed by atoms with Gasteiger partial charge in [0.2, 0.25) is 5.91 Å². The fraction of sp³-hybridized carbons (Fsp3) is 0.667. The number of rotatable bonds is 7. The molecule has 194 valence electrons. The van der Waals surface area contributed by atoms with Gasteiger partial charge in [0, 0.05) is 39.3 Å². The van der Waals surface area contributed by atoms with Crippen molar-refractivity contribution in [3.63, 3.8) is 0 Å². The van der Waals surface area contributed by atoms with Gasteiger partial charge in [-0.2, -0.15) is 0 Å². The lowest BCUT2D eigenvalue weighted by molar-refractivity contribution is -0.137. The van der Waals surface area contributed by atoms with Crippen molar-refractivity contribution in [3.05, 3.63) is 35.6 Å². The van der Waals surface area contributed by atoms with Crippen LogP contribution in [-0.4, -0.2) is 100 Å². The molecule has 1 aromatic rings. The van der Waals surface area contributed by atoms with Crippen molar-refractivity contribution in [2.45, 2.75) is 25.3 Å². The van der Waals surface area contributed by atoms with Crippen LogP contribution in [-0.2, 0) is 25.8 Å². The smallest absolute Gasteiger partial charge is 0.315 e. The Morgan fingerprint density at radius 1 is 1.09 bits per heavy atom. The topological polar surface area (TPSA) is 108 Å². The van der Waals surface area contributed by atoms with Gasteiger partial charge < -0.3 is 20.3 Å². The molecular weight excluding hydrogens is 475 g/mol. The minimum absolute atomic E-state index is 0.214. The molecule has 3 saturated heterocycles. The number of hydrogen-bond acceptors (Lipinski definition) is 6. The largest absolute Gasteiger partial charge is 0.379 e. The number of urea groups is 1. The van der Waals surface area contributed by atoms with E-state index in [1.54, 1.807) is 17.0 Å². The van der Waals surface area contributed by atoms with Crippen molar-refractivity contribution >= 4 is 21.8 Å². The van der Waals surface area contributed by atoms with E-state index in [0.717, 1.165) is 37.9 Å². The van der Waals surface area contributed by atoms with Gasteiger partial charge in [-0.05, 0) is 42.9 Å². The number of amides is 3. The van der Waals surface area contributed by atoms with E-state index in [9.17, 15) is 22.4 Å². The number of carbonyl (C=O) groups is 2. The molecule has 0 aliphatic carbocycles. The number of carbonyl (C=O) groups excluding carboxylic acids is 2. The Balaban J connectivity index is 1.30. The molecule has 0 spiro atoms. The van der Waals surface area contributed by atoms with Crippen molar-refractivity contribution in [3.8, 4) is 0 Å². The molecule has 3 amide bonds. The monoisotopic (exact) mass is 510 g/mol. The Morgan fingerprint density at radius 2 is 1.83 bits per heavy atom. The summed E-state index contributed by atoms with van der Waals surface area (Å²) in [5.41, 5.74) is 1.02. The number of morpholine rings is 1. The van der Waals surface area contributed by atoms with E-state index in [1.807, 2.05) is 0 Å². The SMILES string of the molecule is O=C(NCCN1CCOCC1)NC1CS(=O)(=O)CC1C(=O)N1CCCC(Cc2ccc(F)cc2)C1. The van der Waals surface area contributed by atoms with E-state index >= 15 is 0 Å². The highest BCUT2D eigenvalue weighted by Crippen LogP contribution is 2.26. The molecule has 3 aliphatic rings. The molecule has 3 fully saturated rings. The first-order valence-electron chi connectivity index (χ1n) is 12.4. The predicted octanol–water partition coefficient (Wildman–Crippen LogP) is 0.651. The third-order valence-electron chi connectivity index (χ3n) is 7.07. The van der Waals surface area contributed by atoms with Crippen LogP contribution >= 0.6 is 0 Å². The number of likely N-dealkylation sites (tertiary alicyclic amines) is 1. The van der Waals surface area contributed by atoms with Gasteiger partial charge in [0.15, 0.2) is 9.84 Å². The van der Waals surface area contributed by atoms with E-state index in [2.05, 4.69) is 15.5 Å². The molecular formula is C24H35FN4O5S. The van der Waals surface area contributed by atoms with E-state index < -0.39 is 27.8 Å². The summed E-state index contributed by atoms with van der Waals surface area (Å²) in [6.07, 6.45) is 2.52. The number of hydrogen-bond donors (Lipinski definition) is 2. The summed E-state index contributed by atoms with van der Waals surface area (Å²) in [5, 5.41) is 5.53. The average molecular weight is 511 g/mol. The van der Waals surface area contributed by atoms with Crippen LogP contribution in [0.1, 0.15) is 18.4 Å². The summed E-state index contributed by atoms with van der Waals surface area (Å²) in [6.45, 7) is 5.22.